The van der Waals surface area contributed by atoms with E-state index in [9.17, 15) is 19.2 Å². The van der Waals surface area contributed by atoms with Crippen molar-refractivity contribution in [3.8, 4) is 0 Å². The molecule has 1 aliphatic heterocycles. The van der Waals surface area contributed by atoms with E-state index in [-0.39, 0.29) is 24.4 Å². The van der Waals surface area contributed by atoms with Crippen LogP contribution in [-0.2, 0) is 19.1 Å². The average Bonchev–Trinajstić information content (AvgIpc) is 3.39. The summed E-state index contributed by atoms with van der Waals surface area (Å²) < 4.78 is 5.07. The number of nitrogens with zero attached hydrogens (tertiary/aromatic N) is 1. The maximum Gasteiger partial charge on any atom is 0.414 e. The van der Waals surface area contributed by atoms with Crippen LogP contribution in [0.4, 0.5) is 4.79 Å². The molecule has 3 amide bonds. The Kier molecular flexibility index (Phi) is 24.8. The topological polar surface area (TPSA) is 175 Å². The van der Waals surface area contributed by atoms with Gasteiger partial charge in [0.25, 0.3) is 0 Å². The van der Waals surface area contributed by atoms with Gasteiger partial charge >= 0.3 is 12.1 Å². The number of hydrogen-bond donors (Lipinski definition) is 5. The molecule has 1 aliphatic rings. The second-order valence-electron chi connectivity index (χ2n) is 10.6. The first-order chi connectivity index (χ1) is 20.2. The fraction of sp³-hybridized carbons (Fsp3) is 0.774. The molecule has 42 heavy (non-hydrogen) atoms. The van der Waals surface area contributed by atoms with E-state index in [2.05, 4.69) is 29.7 Å². The van der Waals surface area contributed by atoms with Crippen LogP contribution in [0.25, 0.3) is 0 Å². The second kappa shape index (κ2) is 26.8. The van der Waals surface area contributed by atoms with E-state index >= 15 is 0 Å². The molecule has 11 heteroatoms. The highest BCUT2D eigenvalue weighted by molar-refractivity contribution is 5.92. The third-order valence-corrected chi connectivity index (χ3v) is 6.86. The standard InChI is InChI=1S/C26H50N4O3.C5H7NO3/c1-3-5-6-7-8-9-10-11-12-13-14-15-16-17-18-21-24(31)30-23(25(32)33-4-2)20-19-22-29-26(27)28;7-4-2-1-3-6(4)5(8)9/h11-12,23H,3-10,13-22H2,1-2H3,(H,30,31)(H4,27,28,29);1-3H2,(H,8,9)/b12-11-;/t23-;/m0./s1. The fourth-order valence-corrected chi connectivity index (χ4v) is 4.49. The lowest BCUT2D eigenvalue weighted by Gasteiger charge is -2.17. The highest BCUT2D eigenvalue weighted by Gasteiger charge is 2.25. The van der Waals surface area contributed by atoms with Crippen molar-refractivity contribution < 1.29 is 29.0 Å². The van der Waals surface area contributed by atoms with Crippen molar-refractivity contribution >= 4 is 29.8 Å². The molecule has 0 radical (unpaired) electrons. The van der Waals surface area contributed by atoms with Crippen molar-refractivity contribution in [1.29, 1.82) is 5.41 Å². The molecule has 0 aromatic rings. The highest BCUT2D eigenvalue weighted by atomic mass is 16.5. The first-order valence-electron chi connectivity index (χ1n) is 15.9. The van der Waals surface area contributed by atoms with Crippen molar-refractivity contribution in [3.63, 3.8) is 0 Å². The molecule has 1 rings (SSSR count). The Labute approximate surface area is 252 Å². The van der Waals surface area contributed by atoms with Crippen molar-refractivity contribution in [1.82, 2.24) is 15.5 Å². The number of unbranched alkanes of at least 4 members (excludes halogenated alkanes) is 11. The van der Waals surface area contributed by atoms with E-state index in [0.29, 0.717) is 45.2 Å². The van der Waals surface area contributed by atoms with Crippen molar-refractivity contribution in [2.75, 3.05) is 19.7 Å². The van der Waals surface area contributed by atoms with Crippen molar-refractivity contribution in [2.24, 2.45) is 5.73 Å². The van der Waals surface area contributed by atoms with E-state index in [1.807, 2.05) is 0 Å². The summed E-state index contributed by atoms with van der Waals surface area (Å²) in [5.74, 6) is -0.887. The first kappa shape index (κ1) is 38.9. The third kappa shape index (κ3) is 22.6. The summed E-state index contributed by atoms with van der Waals surface area (Å²) in [6.45, 7) is 5.14. The molecule has 0 bridgehead atoms. The zero-order valence-corrected chi connectivity index (χ0v) is 26.1. The summed E-state index contributed by atoms with van der Waals surface area (Å²) in [7, 11) is 0. The Morgan fingerprint density at radius 3 is 2.07 bits per heavy atom. The van der Waals surface area contributed by atoms with Gasteiger partial charge in [-0.3, -0.25) is 15.0 Å². The monoisotopic (exact) mass is 595 g/mol. The van der Waals surface area contributed by atoms with Gasteiger partial charge in [-0.05, 0) is 58.3 Å². The first-order valence-corrected chi connectivity index (χ1v) is 15.9. The van der Waals surface area contributed by atoms with E-state index in [4.69, 9.17) is 21.0 Å². The molecular weight excluding hydrogens is 538 g/mol. The van der Waals surface area contributed by atoms with Crippen LogP contribution in [-0.4, -0.2) is 65.6 Å². The normalized spacial score (nSPS) is 13.4. The predicted octanol–water partition coefficient (Wildman–Crippen LogP) is 5.62. The number of rotatable bonds is 22. The SMILES string of the molecule is CCCCCCCC/C=C\CCCCCCCC(=O)N[C@@H](CCCNC(=N)N)C(=O)OCC.O=C(O)N1CCCC1=O. The highest BCUT2D eigenvalue weighted by Crippen LogP contribution is 2.11. The molecule has 1 heterocycles. The van der Waals surface area contributed by atoms with Crippen LogP contribution < -0.4 is 16.4 Å². The summed E-state index contributed by atoms with van der Waals surface area (Å²) in [5, 5.41) is 20.9. The van der Waals surface area contributed by atoms with Gasteiger partial charge in [-0.2, -0.15) is 0 Å². The van der Waals surface area contributed by atoms with Gasteiger partial charge in [-0.25, -0.2) is 14.5 Å². The number of nitrogens with one attached hydrogen (secondary N) is 3. The van der Waals surface area contributed by atoms with Gasteiger partial charge in [0, 0.05) is 25.9 Å². The van der Waals surface area contributed by atoms with Crippen LogP contribution in [0.5, 0.6) is 0 Å². The van der Waals surface area contributed by atoms with Crippen molar-refractivity contribution in [3.05, 3.63) is 12.2 Å². The molecular formula is C31H57N5O6. The molecule has 1 saturated heterocycles. The van der Waals surface area contributed by atoms with E-state index in [0.717, 1.165) is 30.6 Å². The van der Waals surface area contributed by atoms with Crippen LogP contribution in [0.2, 0.25) is 0 Å². The summed E-state index contributed by atoms with van der Waals surface area (Å²) in [4.78, 5) is 45.9. The number of carbonyl (C=O) groups excluding carboxylic acids is 3. The Balaban J connectivity index is 0.00000157. The van der Waals surface area contributed by atoms with Gasteiger partial charge in [-0.1, -0.05) is 70.4 Å². The Hall–Kier alpha value is -3.11. The van der Waals surface area contributed by atoms with Gasteiger partial charge in [0.15, 0.2) is 5.96 Å². The lowest BCUT2D eigenvalue weighted by atomic mass is 10.1. The molecule has 0 aromatic heterocycles. The Morgan fingerprint density at radius 2 is 1.57 bits per heavy atom. The van der Waals surface area contributed by atoms with Gasteiger partial charge in [-0.15, -0.1) is 0 Å². The van der Waals surface area contributed by atoms with Crippen LogP contribution in [0.3, 0.4) is 0 Å². The number of guanidine groups is 1. The Bertz CT molecular complexity index is 805. The molecule has 1 fully saturated rings. The molecule has 6 N–H and O–H groups in total. The minimum absolute atomic E-state index is 0.101. The zero-order valence-electron chi connectivity index (χ0n) is 26.1. The van der Waals surface area contributed by atoms with Crippen LogP contribution >= 0.6 is 0 Å². The fourth-order valence-electron chi connectivity index (χ4n) is 4.49. The number of amides is 3. The zero-order chi connectivity index (χ0) is 31.4. The van der Waals surface area contributed by atoms with Gasteiger partial charge < -0.3 is 26.2 Å². The minimum Gasteiger partial charge on any atom is -0.465 e. The maximum absolute atomic E-state index is 12.2. The van der Waals surface area contributed by atoms with E-state index in [1.54, 1.807) is 6.92 Å². The average molecular weight is 596 g/mol. The Morgan fingerprint density at radius 1 is 0.976 bits per heavy atom. The van der Waals surface area contributed by atoms with Crippen molar-refractivity contribution in [2.45, 2.75) is 135 Å². The molecule has 0 aliphatic carbocycles. The quantitative estimate of drug-likeness (QED) is 0.0352. The summed E-state index contributed by atoms with van der Waals surface area (Å²) in [6, 6.07) is -0.644. The van der Waals surface area contributed by atoms with Gasteiger partial charge in [0.05, 0.1) is 6.61 Å². The predicted molar refractivity (Wildman–Crippen MR) is 166 cm³/mol. The largest absolute Gasteiger partial charge is 0.465 e. The maximum atomic E-state index is 12.2. The van der Waals surface area contributed by atoms with Crippen LogP contribution in [0.1, 0.15) is 129 Å². The smallest absolute Gasteiger partial charge is 0.414 e. The summed E-state index contributed by atoms with van der Waals surface area (Å²) in [6.07, 6.45) is 21.9. The lowest BCUT2D eigenvalue weighted by molar-refractivity contribution is -0.147. The summed E-state index contributed by atoms with van der Waals surface area (Å²) in [5.41, 5.74) is 5.25. The number of ether oxygens (including phenoxy) is 1. The molecule has 0 unspecified atom stereocenters. The molecule has 0 spiro atoms. The molecule has 0 aromatic carbocycles. The van der Waals surface area contributed by atoms with Gasteiger partial charge in [0.2, 0.25) is 11.8 Å². The number of hydrogen-bond acceptors (Lipinski definition) is 6. The molecule has 11 nitrogen and oxygen atoms in total. The number of imide groups is 1. The van der Waals surface area contributed by atoms with E-state index < -0.39 is 18.1 Å². The van der Waals surface area contributed by atoms with Crippen LogP contribution in [0, 0.1) is 5.41 Å². The van der Waals surface area contributed by atoms with Gasteiger partial charge in [0.1, 0.15) is 6.04 Å². The minimum atomic E-state index is -1.13. The number of nitrogens with two attached hydrogens (primary N) is 1. The number of esters is 1. The third-order valence-electron chi connectivity index (χ3n) is 6.86. The number of carbonyl (C=O) groups is 4. The molecule has 1 atom stereocenters. The van der Waals surface area contributed by atoms with Crippen LogP contribution in [0.15, 0.2) is 12.2 Å². The number of likely N-dealkylation sites (tertiary alicyclic amines) is 1. The molecule has 0 saturated carbocycles. The number of carboxylic acid groups (broad SMARTS) is 1. The molecule has 242 valence electrons. The summed E-state index contributed by atoms with van der Waals surface area (Å²) >= 11 is 0. The second-order valence-corrected chi connectivity index (χ2v) is 10.6. The lowest BCUT2D eigenvalue weighted by Crippen LogP contribution is -2.42. The number of allylic oxidation sites excluding steroid dienone is 2. The van der Waals surface area contributed by atoms with E-state index in [1.165, 1.54) is 57.8 Å².